The number of aromatic amines is 1. The van der Waals surface area contributed by atoms with Gasteiger partial charge in [0.1, 0.15) is 11.4 Å². The number of pyridine rings is 1. The zero-order valence-electron chi connectivity index (χ0n) is 16.9. The van der Waals surface area contributed by atoms with E-state index >= 15 is 0 Å². The van der Waals surface area contributed by atoms with Crippen molar-refractivity contribution in [3.05, 3.63) is 62.5 Å². The number of carbonyl (C=O) groups excluding carboxylic acids is 2. The molecule has 1 saturated heterocycles. The SMILES string of the molecule is NC(=Nc1ccc2c(c1)C(=O)N(CCN1CCS(=O)(=O)CC1)C2=O)c1c(Cl)cc[nH]c1=O. The lowest BCUT2D eigenvalue weighted by molar-refractivity contribution is 0.0637. The van der Waals surface area contributed by atoms with Crippen LogP contribution in [0.15, 0.2) is 40.2 Å². The molecule has 2 aliphatic rings. The summed E-state index contributed by atoms with van der Waals surface area (Å²) in [6, 6.07) is 5.94. The maximum absolute atomic E-state index is 12.8. The van der Waals surface area contributed by atoms with Crippen molar-refractivity contribution in [3.63, 3.8) is 0 Å². The van der Waals surface area contributed by atoms with Gasteiger partial charge in [0.05, 0.1) is 33.3 Å². The fourth-order valence-electron chi connectivity index (χ4n) is 3.65. The average Bonchev–Trinajstić information content (AvgIpc) is 2.97. The van der Waals surface area contributed by atoms with E-state index in [1.54, 1.807) is 0 Å². The van der Waals surface area contributed by atoms with Crippen molar-refractivity contribution in [2.24, 2.45) is 10.7 Å². The summed E-state index contributed by atoms with van der Waals surface area (Å²) in [5.74, 6) is -0.842. The minimum absolute atomic E-state index is 0.0160. The number of carbonyl (C=O) groups is 2. The summed E-state index contributed by atoms with van der Waals surface area (Å²) < 4.78 is 23.1. The van der Waals surface area contributed by atoms with Gasteiger partial charge in [0, 0.05) is 32.4 Å². The molecule has 32 heavy (non-hydrogen) atoms. The summed E-state index contributed by atoms with van der Waals surface area (Å²) in [5, 5.41) is 0.138. The zero-order chi connectivity index (χ0) is 23.0. The lowest BCUT2D eigenvalue weighted by atomic mass is 10.1. The van der Waals surface area contributed by atoms with E-state index in [4.69, 9.17) is 17.3 Å². The Balaban J connectivity index is 1.51. The highest BCUT2D eigenvalue weighted by Crippen LogP contribution is 2.27. The number of nitrogens with zero attached hydrogens (tertiary/aromatic N) is 3. The van der Waals surface area contributed by atoms with Gasteiger partial charge in [-0.3, -0.25) is 24.2 Å². The summed E-state index contributed by atoms with van der Waals surface area (Å²) in [6.07, 6.45) is 1.39. The van der Waals surface area contributed by atoms with Gasteiger partial charge in [0.25, 0.3) is 17.4 Å². The van der Waals surface area contributed by atoms with Gasteiger partial charge in [0.15, 0.2) is 9.84 Å². The number of rotatable bonds is 5. The van der Waals surface area contributed by atoms with Gasteiger partial charge in [-0.05, 0) is 24.3 Å². The Morgan fingerprint density at radius 3 is 2.44 bits per heavy atom. The van der Waals surface area contributed by atoms with Gasteiger partial charge in [0.2, 0.25) is 0 Å². The molecule has 0 aliphatic carbocycles. The number of nitrogens with two attached hydrogens (primary N) is 1. The van der Waals surface area contributed by atoms with E-state index in [2.05, 4.69) is 9.98 Å². The molecule has 0 bridgehead atoms. The number of fused-ring (bicyclic) bond motifs is 1. The number of hydrogen-bond donors (Lipinski definition) is 2. The number of nitrogens with one attached hydrogen (secondary N) is 1. The van der Waals surface area contributed by atoms with Crippen LogP contribution in [-0.4, -0.2) is 78.5 Å². The van der Waals surface area contributed by atoms with E-state index in [1.165, 1.54) is 30.5 Å². The highest BCUT2D eigenvalue weighted by atomic mass is 35.5. The molecule has 3 heterocycles. The Morgan fingerprint density at radius 1 is 1.06 bits per heavy atom. The Hall–Kier alpha value is -3.02. The second-order valence-corrected chi connectivity index (χ2v) is 10.2. The van der Waals surface area contributed by atoms with Crippen LogP contribution in [0.3, 0.4) is 0 Å². The maximum atomic E-state index is 12.8. The fourth-order valence-corrected chi connectivity index (χ4v) is 5.18. The first kappa shape index (κ1) is 22.2. The predicted octanol–water partition coefficient (Wildman–Crippen LogP) is 0.392. The number of benzene rings is 1. The average molecular weight is 478 g/mol. The van der Waals surface area contributed by atoms with Crippen LogP contribution in [0.5, 0.6) is 0 Å². The van der Waals surface area contributed by atoms with Gasteiger partial charge < -0.3 is 10.7 Å². The smallest absolute Gasteiger partial charge is 0.261 e. The number of halogens is 1. The van der Waals surface area contributed by atoms with Gasteiger partial charge >= 0.3 is 0 Å². The molecular formula is C20H20ClN5O5S. The zero-order valence-corrected chi connectivity index (χ0v) is 18.4. The second-order valence-electron chi connectivity index (χ2n) is 7.51. The first-order chi connectivity index (χ1) is 15.2. The van der Waals surface area contributed by atoms with Crippen LogP contribution in [0.25, 0.3) is 0 Å². The van der Waals surface area contributed by atoms with Crippen molar-refractivity contribution < 1.29 is 18.0 Å². The normalized spacial score (nSPS) is 18.8. The predicted molar refractivity (Wildman–Crippen MR) is 119 cm³/mol. The van der Waals surface area contributed by atoms with Gasteiger partial charge in [-0.1, -0.05) is 11.6 Å². The first-order valence-electron chi connectivity index (χ1n) is 9.81. The molecule has 10 nitrogen and oxygen atoms in total. The third kappa shape index (κ3) is 4.31. The second kappa shape index (κ2) is 8.49. The molecule has 0 saturated carbocycles. The fraction of sp³-hybridized carbons (Fsp3) is 0.300. The van der Waals surface area contributed by atoms with Crippen LogP contribution in [0.4, 0.5) is 5.69 Å². The van der Waals surface area contributed by atoms with Crippen molar-refractivity contribution in [2.75, 3.05) is 37.7 Å². The molecule has 1 aromatic carbocycles. The minimum atomic E-state index is -3.00. The molecule has 1 fully saturated rings. The summed E-state index contributed by atoms with van der Waals surface area (Å²) in [5.41, 5.74) is 6.21. The number of aromatic nitrogens is 1. The molecule has 2 aliphatic heterocycles. The molecule has 1 aromatic heterocycles. The van der Waals surface area contributed by atoms with Crippen LogP contribution in [0.1, 0.15) is 26.3 Å². The number of imide groups is 1. The van der Waals surface area contributed by atoms with Crippen LogP contribution < -0.4 is 11.3 Å². The number of amides is 2. The highest BCUT2D eigenvalue weighted by Gasteiger charge is 2.36. The van der Waals surface area contributed by atoms with E-state index in [9.17, 15) is 22.8 Å². The third-order valence-corrected chi connectivity index (χ3v) is 7.37. The summed E-state index contributed by atoms with van der Waals surface area (Å²) in [7, 11) is -3.00. The lowest BCUT2D eigenvalue weighted by Crippen LogP contribution is -2.45. The van der Waals surface area contributed by atoms with Crippen molar-refractivity contribution in [2.45, 2.75) is 0 Å². The van der Waals surface area contributed by atoms with Crippen molar-refractivity contribution in [1.82, 2.24) is 14.8 Å². The summed E-state index contributed by atoms with van der Waals surface area (Å²) in [6.45, 7) is 1.31. The molecular weight excluding hydrogens is 458 g/mol. The van der Waals surface area contributed by atoms with Crippen molar-refractivity contribution >= 4 is 44.8 Å². The van der Waals surface area contributed by atoms with E-state index in [1.807, 2.05) is 4.90 Å². The van der Waals surface area contributed by atoms with E-state index in [0.29, 0.717) is 25.3 Å². The molecule has 4 rings (SSSR count). The van der Waals surface area contributed by atoms with E-state index in [-0.39, 0.29) is 45.6 Å². The number of sulfone groups is 1. The molecule has 3 N–H and O–H groups in total. The number of hydrogen-bond acceptors (Lipinski definition) is 7. The topological polar surface area (TPSA) is 146 Å². The van der Waals surface area contributed by atoms with Crippen LogP contribution >= 0.6 is 11.6 Å². The molecule has 168 valence electrons. The first-order valence-corrected chi connectivity index (χ1v) is 12.0. The Labute approximate surface area is 188 Å². The standard InChI is InChI=1S/C20H20ClN5O5S/c21-15-3-4-23-18(27)16(15)17(22)24-12-1-2-13-14(11-12)20(29)26(19(13)28)6-5-25-7-9-32(30,31)10-8-25/h1-4,11H,5-10H2,(H2,22,24)(H,23,27). The number of amidine groups is 1. The molecule has 12 heteroatoms. The highest BCUT2D eigenvalue weighted by molar-refractivity contribution is 7.91. The van der Waals surface area contributed by atoms with Gasteiger partial charge in [-0.25, -0.2) is 13.4 Å². The molecule has 0 unspecified atom stereocenters. The summed E-state index contributed by atoms with van der Waals surface area (Å²) in [4.78, 5) is 47.2. The van der Waals surface area contributed by atoms with Crippen molar-refractivity contribution in [1.29, 1.82) is 0 Å². The number of H-pyrrole nitrogens is 1. The quantitative estimate of drug-likeness (QED) is 0.360. The number of aliphatic imine (C=N–C) groups is 1. The lowest BCUT2D eigenvalue weighted by Gasteiger charge is -2.27. The maximum Gasteiger partial charge on any atom is 0.261 e. The molecule has 2 amide bonds. The monoisotopic (exact) mass is 477 g/mol. The van der Waals surface area contributed by atoms with Crippen LogP contribution in [-0.2, 0) is 9.84 Å². The van der Waals surface area contributed by atoms with Gasteiger partial charge in [-0.15, -0.1) is 0 Å². The third-order valence-electron chi connectivity index (χ3n) is 5.45. The largest absolute Gasteiger partial charge is 0.383 e. The Kier molecular flexibility index (Phi) is 5.89. The van der Waals surface area contributed by atoms with E-state index in [0.717, 1.165) is 4.90 Å². The molecule has 0 atom stereocenters. The summed E-state index contributed by atoms with van der Waals surface area (Å²) >= 11 is 6.04. The van der Waals surface area contributed by atoms with Gasteiger partial charge in [-0.2, -0.15) is 0 Å². The van der Waals surface area contributed by atoms with E-state index < -0.39 is 27.2 Å². The minimum Gasteiger partial charge on any atom is -0.383 e. The van der Waals surface area contributed by atoms with Crippen molar-refractivity contribution in [3.8, 4) is 0 Å². The Bertz CT molecular complexity index is 1290. The molecule has 0 radical (unpaired) electrons. The Morgan fingerprint density at radius 2 is 1.75 bits per heavy atom. The molecule has 0 spiro atoms. The van der Waals surface area contributed by atoms with Crippen LogP contribution in [0.2, 0.25) is 5.02 Å². The van der Waals surface area contributed by atoms with Crippen LogP contribution in [0, 0.1) is 0 Å². The molecule has 2 aromatic rings.